The zero-order chi connectivity index (χ0) is 13.2. The molecule has 2 aromatic rings. The molecule has 19 heavy (non-hydrogen) atoms. The molecule has 1 aromatic carbocycles. The minimum absolute atomic E-state index is 0.700. The summed E-state index contributed by atoms with van der Waals surface area (Å²) in [7, 11) is 2.22. The Bertz CT molecular complexity index is 542. The number of fused-ring (bicyclic) bond motifs is 1. The normalized spacial score (nSPS) is 17.9. The van der Waals surface area contributed by atoms with Crippen LogP contribution in [0.3, 0.4) is 0 Å². The van der Waals surface area contributed by atoms with Gasteiger partial charge in [0.2, 0.25) is 0 Å². The summed E-state index contributed by atoms with van der Waals surface area (Å²) in [5.74, 6) is 0. The van der Waals surface area contributed by atoms with Crippen LogP contribution < -0.4 is 0 Å². The zero-order valence-electron chi connectivity index (χ0n) is 10.8. The molecule has 0 spiro atoms. The summed E-state index contributed by atoms with van der Waals surface area (Å²) >= 11 is 7.38. The maximum absolute atomic E-state index is 3.52. The first kappa shape index (κ1) is 13.7. The highest BCUT2D eigenvalue weighted by atomic mass is 79.9. The minimum atomic E-state index is 0.700. The molecule has 0 saturated heterocycles. The van der Waals surface area contributed by atoms with Gasteiger partial charge in [-0.25, -0.2) is 0 Å². The van der Waals surface area contributed by atoms with Crippen molar-refractivity contribution in [2.45, 2.75) is 23.1 Å². The first-order valence-corrected chi connectivity index (χ1v) is 8.92. The molecule has 2 heterocycles. The van der Waals surface area contributed by atoms with Crippen molar-refractivity contribution < 1.29 is 0 Å². The molecule has 0 amide bonds. The van der Waals surface area contributed by atoms with Crippen molar-refractivity contribution in [2.75, 3.05) is 13.6 Å². The summed E-state index contributed by atoms with van der Waals surface area (Å²) in [4.78, 5) is 5.33. The Hall–Kier alpha value is -0.290. The predicted molar refractivity (Wildman–Crippen MR) is 88.1 cm³/mol. The van der Waals surface area contributed by atoms with E-state index in [1.807, 2.05) is 23.1 Å². The Morgan fingerprint density at radius 2 is 2.21 bits per heavy atom. The number of hydrogen-bond acceptors (Lipinski definition) is 3. The van der Waals surface area contributed by atoms with Gasteiger partial charge in [-0.2, -0.15) is 0 Å². The summed E-state index contributed by atoms with van der Waals surface area (Å²) in [6.07, 6.45) is 1.21. The average molecular weight is 354 g/mol. The van der Waals surface area contributed by atoms with E-state index in [0.29, 0.717) is 5.25 Å². The van der Waals surface area contributed by atoms with Crippen LogP contribution in [0.1, 0.15) is 10.4 Å². The molecule has 0 aliphatic carbocycles. The first-order valence-electron chi connectivity index (χ1n) is 6.37. The molecule has 3 rings (SSSR count). The van der Waals surface area contributed by atoms with Crippen LogP contribution in [0.5, 0.6) is 0 Å². The molecule has 0 fully saturated rings. The van der Waals surface area contributed by atoms with E-state index in [0.717, 1.165) is 13.1 Å². The van der Waals surface area contributed by atoms with Crippen molar-refractivity contribution in [3.8, 4) is 0 Å². The lowest BCUT2D eigenvalue weighted by molar-refractivity contribution is 0.330. The maximum Gasteiger partial charge on any atom is 0.0325 e. The standard InChI is InChI=1S/C15H16BrNS2/c1-17(8-13-7-12(16)10-18-13)9-14-6-11-4-2-3-5-15(11)19-14/h2-5,7,10,14H,6,8-9H2,1H3. The third-order valence-corrected chi connectivity index (χ3v) is 6.26. The molecule has 0 saturated carbocycles. The molecule has 1 aliphatic heterocycles. The van der Waals surface area contributed by atoms with Crippen LogP contribution in [0.15, 0.2) is 45.1 Å². The maximum atomic E-state index is 3.52. The number of rotatable bonds is 4. The molecular formula is C15H16BrNS2. The van der Waals surface area contributed by atoms with Crippen molar-refractivity contribution in [3.63, 3.8) is 0 Å². The third kappa shape index (κ3) is 3.43. The van der Waals surface area contributed by atoms with Gasteiger partial charge in [0.05, 0.1) is 0 Å². The van der Waals surface area contributed by atoms with Gasteiger partial charge in [0.25, 0.3) is 0 Å². The molecule has 1 aliphatic rings. The molecule has 1 atom stereocenters. The van der Waals surface area contributed by atoms with E-state index in [1.165, 1.54) is 26.2 Å². The zero-order valence-corrected chi connectivity index (χ0v) is 14.0. The van der Waals surface area contributed by atoms with E-state index < -0.39 is 0 Å². The number of thiophene rings is 1. The third-order valence-electron chi connectivity index (χ3n) is 3.28. The molecule has 4 heteroatoms. The van der Waals surface area contributed by atoms with E-state index in [-0.39, 0.29) is 0 Å². The fourth-order valence-corrected chi connectivity index (χ4v) is 5.41. The highest BCUT2D eigenvalue weighted by Crippen LogP contribution is 2.37. The second-order valence-corrected chi connectivity index (χ2v) is 8.23. The fourth-order valence-electron chi connectivity index (χ4n) is 2.47. The summed E-state index contributed by atoms with van der Waals surface area (Å²) < 4.78 is 1.20. The van der Waals surface area contributed by atoms with Crippen molar-refractivity contribution in [2.24, 2.45) is 0 Å². The lowest BCUT2D eigenvalue weighted by Crippen LogP contribution is -2.26. The number of benzene rings is 1. The van der Waals surface area contributed by atoms with E-state index >= 15 is 0 Å². The van der Waals surface area contributed by atoms with Gasteiger partial charge in [0.1, 0.15) is 0 Å². The van der Waals surface area contributed by atoms with Gasteiger partial charge < -0.3 is 4.90 Å². The van der Waals surface area contributed by atoms with Gasteiger partial charge in [0.15, 0.2) is 0 Å². The van der Waals surface area contributed by atoms with Crippen LogP contribution in [0.25, 0.3) is 0 Å². The minimum Gasteiger partial charge on any atom is -0.300 e. The van der Waals surface area contributed by atoms with Crippen LogP contribution in [0.4, 0.5) is 0 Å². The summed E-state index contributed by atoms with van der Waals surface area (Å²) in [6.45, 7) is 2.19. The predicted octanol–water partition coefficient (Wildman–Crippen LogP) is 4.66. The van der Waals surface area contributed by atoms with Gasteiger partial charge in [-0.1, -0.05) is 18.2 Å². The highest BCUT2D eigenvalue weighted by molar-refractivity contribution is 9.10. The van der Waals surface area contributed by atoms with Crippen LogP contribution in [0, 0.1) is 0 Å². The Balaban J connectivity index is 1.55. The van der Waals surface area contributed by atoms with Gasteiger partial charge in [0, 0.05) is 38.0 Å². The van der Waals surface area contributed by atoms with Gasteiger partial charge in [-0.3, -0.25) is 0 Å². The Kier molecular flexibility index (Phi) is 4.32. The molecule has 100 valence electrons. The summed E-state index contributed by atoms with van der Waals surface area (Å²) in [6, 6.07) is 11.0. The van der Waals surface area contributed by atoms with Crippen LogP contribution in [-0.4, -0.2) is 23.7 Å². The van der Waals surface area contributed by atoms with Crippen molar-refractivity contribution >= 4 is 39.0 Å². The second-order valence-electron chi connectivity index (χ2n) is 4.98. The molecule has 1 aromatic heterocycles. The number of hydrogen-bond donors (Lipinski definition) is 0. The van der Waals surface area contributed by atoms with E-state index in [1.54, 1.807) is 0 Å². The van der Waals surface area contributed by atoms with Crippen molar-refractivity contribution in [1.82, 2.24) is 4.90 Å². The monoisotopic (exact) mass is 353 g/mol. The molecular weight excluding hydrogens is 338 g/mol. The van der Waals surface area contributed by atoms with E-state index in [2.05, 4.69) is 63.6 Å². The fraction of sp³-hybridized carbons (Fsp3) is 0.333. The number of halogens is 1. The Morgan fingerprint density at radius 1 is 1.37 bits per heavy atom. The average Bonchev–Trinajstić information content (AvgIpc) is 2.94. The van der Waals surface area contributed by atoms with Crippen molar-refractivity contribution in [1.29, 1.82) is 0 Å². The molecule has 1 nitrogen and oxygen atoms in total. The van der Waals surface area contributed by atoms with Crippen molar-refractivity contribution in [3.05, 3.63) is 50.6 Å². The quantitative estimate of drug-likeness (QED) is 0.786. The highest BCUT2D eigenvalue weighted by Gasteiger charge is 2.22. The Labute approximate surface area is 131 Å². The lowest BCUT2D eigenvalue weighted by atomic mass is 10.1. The molecule has 0 bridgehead atoms. The van der Waals surface area contributed by atoms with Gasteiger partial charge in [-0.05, 0) is 47.1 Å². The van der Waals surface area contributed by atoms with E-state index in [4.69, 9.17) is 0 Å². The second kappa shape index (κ2) is 6.00. The largest absolute Gasteiger partial charge is 0.300 e. The van der Waals surface area contributed by atoms with Crippen LogP contribution in [0.2, 0.25) is 0 Å². The van der Waals surface area contributed by atoms with Crippen LogP contribution >= 0.6 is 39.0 Å². The molecule has 0 N–H and O–H groups in total. The summed E-state index contributed by atoms with van der Waals surface area (Å²) in [5.41, 5.74) is 1.52. The van der Waals surface area contributed by atoms with Crippen LogP contribution in [-0.2, 0) is 13.0 Å². The lowest BCUT2D eigenvalue weighted by Gasteiger charge is -2.19. The Morgan fingerprint density at radius 3 is 2.95 bits per heavy atom. The summed E-state index contributed by atoms with van der Waals surface area (Å²) in [5, 5.41) is 2.86. The smallest absolute Gasteiger partial charge is 0.0325 e. The van der Waals surface area contributed by atoms with Gasteiger partial charge >= 0.3 is 0 Å². The van der Waals surface area contributed by atoms with Gasteiger partial charge in [-0.15, -0.1) is 23.1 Å². The topological polar surface area (TPSA) is 3.24 Å². The number of thioether (sulfide) groups is 1. The molecule has 1 unspecified atom stereocenters. The first-order chi connectivity index (χ1) is 9.20. The van der Waals surface area contributed by atoms with E-state index in [9.17, 15) is 0 Å². The molecule has 0 radical (unpaired) electrons. The SMILES string of the molecule is CN(Cc1cc(Br)cs1)CC1Cc2ccccc2S1. The number of nitrogens with zero attached hydrogens (tertiary/aromatic N) is 1.